The van der Waals surface area contributed by atoms with E-state index in [0.717, 1.165) is 29.0 Å². The third kappa shape index (κ3) is 2.68. The van der Waals surface area contributed by atoms with Crippen LogP contribution in [0.15, 0.2) is 16.6 Å². The normalized spacial score (nSPS) is 25.5. The Hall–Kier alpha value is -0.0900. The van der Waals surface area contributed by atoms with Crippen molar-refractivity contribution in [3.8, 4) is 0 Å². The van der Waals surface area contributed by atoms with Crippen molar-refractivity contribution in [1.82, 2.24) is 4.90 Å². The number of benzene rings is 1. The quantitative estimate of drug-likeness (QED) is 0.906. The summed E-state index contributed by atoms with van der Waals surface area (Å²) in [6, 6.07) is 4.58. The molecule has 1 aliphatic rings. The Morgan fingerprint density at radius 3 is 2.82 bits per heavy atom. The number of hydrogen-bond donors (Lipinski definition) is 1. The van der Waals surface area contributed by atoms with Crippen LogP contribution in [-0.2, 0) is 0 Å². The van der Waals surface area contributed by atoms with E-state index in [4.69, 9.17) is 17.3 Å². The molecule has 1 saturated heterocycles. The van der Waals surface area contributed by atoms with E-state index in [-0.39, 0.29) is 0 Å². The first kappa shape index (κ1) is 13.3. The third-order valence-electron chi connectivity index (χ3n) is 3.68. The fraction of sp³-hybridized carbons (Fsp3) is 0.538. The van der Waals surface area contributed by atoms with Crippen LogP contribution in [0.3, 0.4) is 0 Å². The molecule has 0 spiro atoms. The molecule has 0 saturated carbocycles. The summed E-state index contributed by atoms with van der Waals surface area (Å²) in [7, 11) is 2.16. The van der Waals surface area contributed by atoms with Gasteiger partial charge < -0.3 is 5.73 Å². The van der Waals surface area contributed by atoms with Crippen LogP contribution in [0.2, 0.25) is 5.02 Å². The smallest absolute Gasteiger partial charge is 0.0449 e. The maximum Gasteiger partial charge on any atom is 0.0449 e. The standard InChI is InChI=1S/C13H18BrClN2/c1-8-11(4-10(14)5-12(8)15)13-3-9(6-16)7-17(13)2/h4-5,9,13H,3,6-7,16H2,1-2H3. The Bertz CT molecular complexity index is 422. The lowest BCUT2D eigenvalue weighted by molar-refractivity contribution is 0.313. The van der Waals surface area contributed by atoms with Crippen LogP contribution < -0.4 is 5.73 Å². The largest absolute Gasteiger partial charge is 0.330 e. The molecular weight excluding hydrogens is 300 g/mol. The zero-order chi connectivity index (χ0) is 12.6. The van der Waals surface area contributed by atoms with E-state index >= 15 is 0 Å². The second kappa shape index (κ2) is 5.27. The number of halogens is 2. The van der Waals surface area contributed by atoms with Crippen LogP contribution in [0.25, 0.3) is 0 Å². The highest BCUT2D eigenvalue weighted by molar-refractivity contribution is 9.10. The van der Waals surface area contributed by atoms with E-state index in [1.165, 1.54) is 11.1 Å². The van der Waals surface area contributed by atoms with Gasteiger partial charge >= 0.3 is 0 Å². The van der Waals surface area contributed by atoms with Crippen LogP contribution in [-0.4, -0.2) is 25.0 Å². The van der Waals surface area contributed by atoms with E-state index < -0.39 is 0 Å². The Labute approximate surface area is 116 Å². The van der Waals surface area contributed by atoms with Crippen LogP contribution in [0.1, 0.15) is 23.6 Å². The summed E-state index contributed by atoms with van der Waals surface area (Å²) in [5.41, 5.74) is 8.28. The summed E-state index contributed by atoms with van der Waals surface area (Å²) in [5, 5.41) is 0.832. The number of nitrogens with two attached hydrogens (primary N) is 1. The highest BCUT2D eigenvalue weighted by atomic mass is 79.9. The van der Waals surface area contributed by atoms with Crippen molar-refractivity contribution in [2.24, 2.45) is 11.7 Å². The second-order valence-electron chi connectivity index (χ2n) is 4.89. The number of likely N-dealkylation sites (tertiary alicyclic amines) is 1. The van der Waals surface area contributed by atoms with Gasteiger partial charge in [0.25, 0.3) is 0 Å². The minimum absolute atomic E-state index is 0.443. The average molecular weight is 318 g/mol. The fourth-order valence-corrected chi connectivity index (χ4v) is 3.49. The zero-order valence-corrected chi connectivity index (χ0v) is 12.6. The number of hydrogen-bond acceptors (Lipinski definition) is 2. The van der Waals surface area contributed by atoms with Crippen molar-refractivity contribution in [3.05, 3.63) is 32.8 Å². The first-order valence-electron chi connectivity index (χ1n) is 5.88. The molecule has 1 aliphatic heterocycles. The minimum atomic E-state index is 0.443. The molecule has 1 aromatic carbocycles. The number of rotatable bonds is 2. The molecule has 1 fully saturated rings. The van der Waals surface area contributed by atoms with Gasteiger partial charge in [0, 0.05) is 22.1 Å². The van der Waals surface area contributed by atoms with Crippen molar-refractivity contribution >= 4 is 27.5 Å². The molecule has 0 aliphatic carbocycles. The maximum atomic E-state index is 6.24. The van der Waals surface area contributed by atoms with E-state index in [9.17, 15) is 0 Å². The van der Waals surface area contributed by atoms with Gasteiger partial charge in [-0.1, -0.05) is 27.5 Å². The number of nitrogens with zero attached hydrogens (tertiary/aromatic N) is 1. The SMILES string of the molecule is Cc1c(Cl)cc(Br)cc1C1CC(CN)CN1C. The summed E-state index contributed by atoms with van der Waals surface area (Å²) in [6.07, 6.45) is 1.13. The van der Waals surface area contributed by atoms with E-state index in [0.29, 0.717) is 12.0 Å². The van der Waals surface area contributed by atoms with Crippen LogP contribution in [0.5, 0.6) is 0 Å². The summed E-state index contributed by atoms with van der Waals surface area (Å²) in [6.45, 7) is 3.93. The predicted molar refractivity (Wildman–Crippen MR) is 76.4 cm³/mol. The molecule has 1 aromatic rings. The first-order chi connectivity index (χ1) is 8.02. The van der Waals surface area contributed by atoms with Crippen LogP contribution >= 0.6 is 27.5 Å². The monoisotopic (exact) mass is 316 g/mol. The highest BCUT2D eigenvalue weighted by Gasteiger charge is 2.31. The molecule has 2 N–H and O–H groups in total. The molecule has 2 unspecified atom stereocenters. The zero-order valence-electron chi connectivity index (χ0n) is 10.2. The average Bonchev–Trinajstić information content (AvgIpc) is 2.65. The molecule has 2 nitrogen and oxygen atoms in total. The Morgan fingerprint density at radius 1 is 1.53 bits per heavy atom. The first-order valence-corrected chi connectivity index (χ1v) is 7.06. The molecule has 2 rings (SSSR count). The van der Waals surface area contributed by atoms with Crippen LogP contribution in [0, 0.1) is 12.8 Å². The summed E-state index contributed by atoms with van der Waals surface area (Å²) >= 11 is 9.76. The molecule has 1 heterocycles. The third-order valence-corrected chi connectivity index (χ3v) is 4.53. The van der Waals surface area contributed by atoms with Gasteiger partial charge in [-0.2, -0.15) is 0 Å². The predicted octanol–water partition coefficient (Wildman–Crippen LogP) is 3.36. The van der Waals surface area contributed by atoms with Gasteiger partial charge in [-0.3, -0.25) is 4.90 Å². The summed E-state index contributed by atoms with van der Waals surface area (Å²) < 4.78 is 1.05. The Balaban J connectivity index is 2.34. The molecule has 94 valence electrons. The lowest BCUT2D eigenvalue weighted by Gasteiger charge is -2.22. The maximum absolute atomic E-state index is 6.24. The van der Waals surface area contributed by atoms with Gasteiger partial charge in [0.1, 0.15) is 0 Å². The van der Waals surface area contributed by atoms with Gasteiger partial charge in [-0.05, 0) is 56.1 Å². The Morgan fingerprint density at radius 2 is 2.24 bits per heavy atom. The highest BCUT2D eigenvalue weighted by Crippen LogP contribution is 2.38. The van der Waals surface area contributed by atoms with Crippen molar-refractivity contribution in [3.63, 3.8) is 0 Å². The topological polar surface area (TPSA) is 29.3 Å². The molecule has 17 heavy (non-hydrogen) atoms. The van der Waals surface area contributed by atoms with Gasteiger partial charge in [-0.25, -0.2) is 0 Å². The van der Waals surface area contributed by atoms with E-state index in [1.807, 2.05) is 6.07 Å². The molecule has 0 aromatic heterocycles. The second-order valence-corrected chi connectivity index (χ2v) is 6.22. The Kier molecular flexibility index (Phi) is 4.14. The van der Waals surface area contributed by atoms with Crippen molar-refractivity contribution in [2.75, 3.05) is 20.1 Å². The summed E-state index contributed by atoms with van der Waals surface area (Å²) in [5.74, 6) is 0.599. The van der Waals surface area contributed by atoms with Gasteiger partial charge in [0.2, 0.25) is 0 Å². The van der Waals surface area contributed by atoms with Crippen LogP contribution in [0.4, 0.5) is 0 Å². The minimum Gasteiger partial charge on any atom is -0.330 e. The van der Waals surface area contributed by atoms with Gasteiger partial charge in [-0.15, -0.1) is 0 Å². The lowest BCUT2D eigenvalue weighted by atomic mass is 9.96. The summed E-state index contributed by atoms with van der Waals surface area (Å²) in [4.78, 5) is 2.38. The lowest BCUT2D eigenvalue weighted by Crippen LogP contribution is -2.21. The van der Waals surface area contributed by atoms with Gasteiger partial charge in [0.15, 0.2) is 0 Å². The molecule has 0 amide bonds. The molecule has 0 bridgehead atoms. The van der Waals surface area contributed by atoms with E-state index in [2.05, 4.69) is 40.9 Å². The molecule has 4 heteroatoms. The van der Waals surface area contributed by atoms with Crippen molar-refractivity contribution in [1.29, 1.82) is 0 Å². The molecule has 2 atom stereocenters. The van der Waals surface area contributed by atoms with E-state index in [1.54, 1.807) is 0 Å². The molecular formula is C13H18BrClN2. The van der Waals surface area contributed by atoms with Gasteiger partial charge in [0.05, 0.1) is 0 Å². The molecule has 0 radical (unpaired) electrons. The fourth-order valence-electron chi connectivity index (χ4n) is 2.65. The van der Waals surface area contributed by atoms with Crippen molar-refractivity contribution < 1.29 is 0 Å². The van der Waals surface area contributed by atoms with Crippen molar-refractivity contribution in [2.45, 2.75) is 19.4 Å².